The first-order valence-electron chi connectivity index (χ1n) is 11.6. The number of Topliss-reactive ketones (excluding diaryl/α,β-unsaturated/α-hetero) is 2. The van der Waals surface area contributed by atoms with Gasteiger partial charge in [0.2, 0.25) is 11.6 Å². The molecule has 0 saturated carbocycles. The van der Waals surface area contributed by atoms with Crippen molar-refractivity contribution in [1.82, 2.24) is 4.90 Å². The molecule has 32 heavy (non-hydrogen) atoms. The molecular formula is C25H31NO5S. The highest BCUT2D eigenvalue weighted by Crippen LogP contribution is 2.47. The highest BCUT2D eigenvalue weighted by molar-refractivity contribution is 8.04. The van der Waals surface area contributed by atoms with Crippen LogP contribution in [-0.4, -0.2) is 53.6 Å². The summed E-state index contributed by atoms with van der Waals surface area (Å²) in [6, 6.07) is 7.13. The number of unbranched alkanes of at least 4 members (excludes halogenated alkanes) is 1. The average Bonchev–Trinajstić information content (AvgIpc) is 2.83. The Morgan fingerprint density at radius 3 is 2.56 bits per heavy atom. The van der Waals surface area contributed by atoms with Crippen molar-refractivity contribution in [3.63, 3.8) is 0 Å². The van der Waals surface area contributed by atoms with Gasteiger partial charge in [0.1, 0.15) is 16.3 Å². The number of ether oxygens (including phenoxy) is 2. The maximum absolute atomic E-state index is 12.6. The van der Waals surface area contributed by atoms with Crippen LogP contribution in [0.15, 0.2) is 29.2 Å². The number of fused-ring (bicyclic) bond motifs is 2. The molecule has 1 unspecified atom stereocenters. The largest absolute Gasteiger partial charge is 0.484 e. The number of rotatable bonds is 6. The molecule has 1 aromatic carbocycles. The lowest BCUT2D eigenvalue weighted by atomic mass is 9.90. The van der Waals surface area contributed by atoms with Gasteiger partial charge in [-0.25, -0.2) is 4.79 Å². The van der Waals surface area contributed by atoms with E-state index >= 15 is 0 Å². The van der Waals surface area contributed by atoms with Crippen LogP contribution < -0.4 is 0 Å². The second-order valence-corrected chi connectivity index (χ2v) is 9.90. The summed E-state index contributed by atoms with van der Waals surface area (Å²) in [4.78, 5) is 39.8. The minimum atomic E-state index is -0.479. The molecule has 0 N–H and O–H groups in total. The Balaban J connectivity index is 1.38. The summed E-state index contributed by atoms with van der Waals surface area (Å²) in [5.41, 5.74) is 0.655. The lowest BCUT2D eigenvalue weighted by Gasteiger charge is -2.45. The van der Waals surface area contributed by atoms with Gasteiger partial charge in [-0.1, -0.05) is 57.4 Å². The SMILES string of the molecule is CCCCC(CC)COC(=O)N1CCC2(CC1)CSC1=C(O2)c2ccccc2C(=O)C1=O. The Bertz CT molecular complexity index is 932. The van der Waals surface area contributed by atoms with Gasteiger partial charge in [-0.3, -0.25) is 9.59 Å². The Kier molecular flexibility index (Phi) is 6.93. The van der Waals surface area contributed by atoms with Crippen LogP contribution in [-0.2, 0) is 14.3 Å². The van der Waals surface area contributed by atoms with Crippen LogP contribution in [0.5, 0.6) is 0 Å². The number of hydrogen-bond donors (Lipinski definition) is 0. The maximum Gasteiger partial charge on any atom is 0.409 e. The predicted molar refractivity (Wildman–Crippen MR) is 124 cm³/mol. The van der Waals surface area contributed by atoms with E-state index in [0.717, 1.165) is 25.7 Å². The smallest absolute Gasteiger partial charge is 0.409 e. The molecule has 2 aliphatic heterocycles. The van der Waals surface area contributed by atoms with E-state index in [9.17, 15) is 14.4 Å². The van der Waals surface area contributed by atoms with Gasteiger partial charge in [0.15, 0.2) is 0 Å². The van der Waals surface area contributed by atoms with Crippen molar-refractivity contribution >= 4 is 35.2 Å². The molecule has 0 radical (unpaired) electrons. The summed E-state index contributed by atoms with van der Waals surface area (Å²) in [5, 5.41) is 0. The van der Waals surface area contributed by atoms with Crippen molar-refractivity contribution in [1.29, 1.82) is 0 Å². The number of allylic oxidation sites excluding steroid dienone is 1. The van der Waals surface area contributed by atoms with E-state index < -0.39 is 17.2 Å². The van der Waals surface area contributed by atoms with E-state index in [4.69, 9.17) is 9.47 Å². The number of nitrogens with zero attached hydrogens (tertiary/aromatic N) is 1. The molecule has 1 spiro atoms. The molecule has 7 heteroatoms. The summed E-state index contributed by atoms with van der Waals surface area (Å²) in [5.74, 6) is 0.607. The van der Waals surface area contributed by atoms with Gasteiger partial charge < -0.3 is 14.4 Å². The molecule has 6 nitrogen and oxygen atoms in total. The summed E-state index contributed by atoms with van der Waals surface area (Å²) in [6.45, 7) is 5.91. The molecular weight excluding hydrogens is 426 g/mol. The third kappa shape index (κ3) is 4.45. The van der Waals surface area contributed by atoms with Gasteiger partial charge in [0, 0.05) is 42.8 Å². The van der Waals surface area contributed by atoms with E-state index in [1.807, 2.05) is 12.1 Å². The van der Waals surface area contributed by atoms with Crippen LogP contribution in [0.1, 0.15) is 68.3 Å². The van der Waals surface area contributed by atoms with Crippen LogP contribution in [0.25, 0.3) is 5.76 Å². The molecule has 1 aliphatic carbocycles. The fourth-order valence-electron chi connectivity index (χ4n) is 4.53. The van der Waals surface area contributed by atoms with Crippen molar-refractivity contribution in [2.75, 3.05) is 25.4 Å². The first-order chi connectivity index (χ1) is 15.5. The molecule has 1 fully saturated rings. The van der Waals surface area contributed by atoms with E-state index in [0.29, 0.717) is 66.0 Å². The third-order valence-electron chi connectivity index (χ3n) is 6.75. The van der Waals surface area contributed by atoms with Crippen molar-refractivity contribution in [2.45, 2.75) is 58.0 Å². The van der Waals surface area contributed by atoms with Crippen LogP contribution >= 0.6 is 11.8 Å². The number of hydrogen-bond acceptors (Lipinski definition) is 6. The van der Waals surface area contributed by atoms with Crippen LogP contribution in [0.4, 0.5) is 4.79 Å². The number of amides is 1. The molecule has 172 valence electrons. The molecule has 1 atom stereocenters. The van der Waals surface area contributed by atoms with Crippen LogP contribution in [0.3, 0.4) is 0 Å². The Labute approximate surface area is 193 Å². The monoisotopic (exact) mass is 457 g/mol. The lowest BCUT2D eigenvalue weighted by Crippen LogP contribution is -2.51. The highest BCUT2D eigenvalue weighted by atomic mass is 32.2. The van der Waals surface area contributed by atoms with Crippen molar-refractivity contribution in [3.8, 4) is 0 Å². The van der Waals surface area contributed by atoms with Gasteiger partial charge in [0.05, 0.1) is 6.61 Å². The number of piperidine rings is 1. The van der Waals surface area contributed by atoms with Crippen LogP contribution in [0.2, 0.25) is 0 Å². The first-order valence-corrected chi connectivity index (χ1v) is 12.6. The van der Waals surface area contributed by atoms with Gasteiger partial charge in [0.25, 0.3) is 0 Å². The van der Waals surface area contributed by atoms with E-state index in [-0.39, 0.29) is 6.09 Å². The Morgan fingerprint density at radius 1 is 1.16 bits per heavy atom. The molecule has 3 aliphatic rings. The average molecular weight is 458 g/mol. The molecule has 1 saturated heterocycles. The summed E-state index contributed by atoms with van der Waals surface area (Å²) in [6.07, 6.45) is 5.51. The summed E-state index contributed by atoms with van der Waals surface area (Å²) >= 11 is 1.41. The number of thioether (sulfide) groups is 1. The molecule has 1 amide bonds. The zero-order valence-corrected chi connectivity index (χ0v) is 19.7. The zero-order chi connectivity index (χ0) is 22.7. The number of carbonyl (C=O) groups is 3. The second kappa shape index (κ2) is 9.69. The van der Waals surface area contributed by atoms with E-state index in [2.05, 4.69) is 13.8 Å². The number of ketones is 2. The van der Waals surface area contributed by atoms with E-state index in [1.54, 1.807) is 17.0 Å². The third-order valence-corrected chi connectivity index (χ3v) is 8.08. The van der Waals surface area contributed by atoms with Gasteiger partial charge in [-0.05, 0) is 12.3 Å². The number of likely N-dealkylation sites (tertiary alicyclic amines) is 1. The molecule has 1 aromatic rings. The number of carbonyl (C=O) groups excluding carboxylic acids is 3. The van der Waals surface area contributed by atoms with Crippen molar-refractivity contribution in [2.24, 2.45) is 5.92 Å². The maximum atomic E-state index is 12.6. The highest BCUT2D eigenvalue weighted by Gasteiger charge is 2.46. The van der Waals surface area contributed by atoms with Gasteiger partial charge in [-0.2, -0.15) is 0 Å². The number of benzene rings is 1. The minimum Gasteiger partial charge on any atom is -0.484 e. The second-order valence-electron chi connectivity index (χ2n) is 8.92. The van der Waals surface area contributed by atoms with Crippen LogP contribution in [0, 0.1) is 5.92 Å². The fourth-order valence-corrected chi connectivity index (χ4v) is 5.80. The lowest BCUT2D eigenvalue weighted by molar-refractivity contribution is -0.111. The zero-order valence-electron chi connectivity index (χ0n) is 18.9. The Hall–Kier alpha value is -2.28. The van der Waals surface area contributed by atoms with Gasteiger partial charge >= 0.3 is 6.09 Å². The molecule has 2 heterocycles. The first kappa shape index (κ1) is 22.9. The molecule has 4 rings (SSSR count). The quantitative estimate of drug-likeness (QED) is 0.555. The van der Waals surface area contributed by atoms with Crippen molar-refractivity contribution < 1.29 is 23.9 Å². The Morgan fingerprint density at radius 2 is 1.88 bits per heavy atom. The minimum absolute atomic E-state index is 0.248. The predicted octanol–water partition coefficient (Wildman–Crippen LogP) is 5.07. The summed E-state index contributed by atoms with van der Waals surface area (Å²) < 4.78 is 12.1. The fraction of sp³-hybridized carbons (Fsp3) is 0.560. The molecule has 0 bridgehead atoms. The van der Waals surface area contributed by atoms with Crippen molar-refractivity contribution in [3.05, 3.63) is 40.3 Å². The van der Waals surface area contributed by atoms with E-state index in [1.165, 1.54) is 11.8 Å². The van der Waals surface area contributed by atoms with Gasteiger partial charge in [-0.15, -0.1) is 11.8 Å². The normalized spacial score (nSPS) is 20.5. The standard InChI is InChI=1S/C25H31NO5S/c1-3-5-8-17(4-2)15-30-24(29)26-13-11-25(12-14-26)16-32-23-21(28)20(27)18-9-6-7-10-19(18)22(23)31-25/h6-7,9-10,17H,3-5,8,11-16H2,1-2H3. The summed E-state index contributed by atoms with van der Waals surface area (Å²) in [7, 11) is 0. The topological polar surface area (TPSA) is 72.9 Å². The molecule has 0 aromatic heterocycles.